The van der Waals surface area contributed by atoms with E-state index in [2.05, 4.69) is 20.8 Å². The van der Waals surface area contributed by atoms with E-state index in [0.29, 0.717) is 6.04 Å². The quantitative estimate of drug-likeness (QED) is 0.800. The highest BCUT2D eigenvalue weighted by Crippen LogP contribution is 2.28. The maximum atomic E-state index is 13.3. The van der Waals surface area contributed by atoms with Gasteiger partial charge in [-0.1, -0.05) is 15.9 Å². The third kappa shape index (κ3) is 4.05. The summed E-state index contributed by atoms with van der Waals surface area (Å²) in [7, 11) is 1.71. The molecular weight excluding hydrogens is 285 g/mol. The summed E-state index contributed by atoms with van der Waals surface area (Å²) in [5.41, 5.74) is 1.01. The third-order valence-corrected chi connectivity index (χ3v) is 3.41. The monoisotopic (exact) mass is 301 g/mol. The average molecular weight is 302 g/mol. The predicted molar refractivity (Wildman–Crippen MR) is 69.4 cm³/mol. The van der Waals surface area contributed by atoms with Crippen molar-refractivity contribution in [2.75, 3.05) is 20.3 Å². The molecule has 0 atom stereocenters. The van der Waals surface area contributed by atoms with Crippen LogP contribution in [0, 0.1) is 5.82 Å². The van der Waals surface area contributed by atoms with Gasteiger partial charge in [0.2, 0.25) is 0 Å². The van der Waals surface area contributed by atoms with Gasteiger partial charge in [0.1, 0.15) is 5.82 Å². The zero-order valence-corrected chi connectivity index (χ0v) is 11.5. The van der Waals surface area contributed by atoms with Crippen molar-refractivity contribution in [1.82, 2.24) is 4.90 Å². The van der Waals surface area contributed by atoms with Crippen LogP contribution < -0.4 is 0 Å². The Morgan fingerprint density at radius 3 is 2.76 bits per heavy atom. The van der Waals surface area contributed by atoms with Crippen molar-refractivity contribution >= 4 is 15.9 Å². The summed E-state index contributed by atoms with van der Waals surface area (Å²) in [5.74, 6) is -0.183. The van der Waals surface area contributed by atoms with Crippen LogP contribution in [0.4, 0.5) is 4.39 Å². The molecule has 4 heteroatoms. The molecule has 0 aliphatic heterocycles. The summed E-state index contributed by atoms with van der Waals surface area (Å²) in [6, 6.07) is 5.73. The molecule has 0 spiro atoms. The lowest BCUT2D eigenvalue weighted by Crippen LogP contribution is -2.29. The molecule has 1 aliphatic rings. The lowest BCUT2D eigenvalue weighted by Gasteiger charge is -2.21. The second-order valence-electron chi connectivity index (χ2n) is 4.47. The molecule has 94 valence electrons. The van der Waals surface area contributed by atoms with Crippen molar-refractivity contribution in [3.63, 3.8) is 0 Å². The average Bonchev–Trinajstić information content (AvgIpc) is 3.06. The minimum atomic E-state index is -0.183. The van der Waals surface area contributed by atoms with Gasteiger partial charge in [-0.25, -0.2) is 4.39 Å². The van der Waals surface area contributed by atoms with Crippen LogP contribution >= 0.6 is 15.9 Å². The highest BCUT2D eigenvalue weighted by molar-refractivity contribution is 9.10. The van der Waals surface area contributed by atoms with Crippen LogP contribution in [0.25, 0.3) is 0 Å². The summed E-state index contributed by atoms with van der Waals surface area (Å²) >= 11 is 3.33. The van der Waals surface area contributed by atoms with Crippen LogP contribution in [0.3, 0.4) is 0 Å². The Hall–Kier alpha value is -0.450. The molecule has 0 amide bonds. The summed E-state index contributed by atoms with van der Waals surface area (Å²) in [4.78, 5) is 2.37. The van der Waals surface area contributed by atoms with Gasteiger partial charge < -0.3 is 4.74 Å². The van der Waals surface area contributed by atoms with Crippen LogP contribution in [0.15, 0.2) is 22.7 Å². The molecule has 17 heavy (non-hydrogen) atoms. The van der Waals surface area contributed by atoms with Gasteiger partial charge in [0, 0.05) is 30.7 Å². The van der Waals surface area contributed by atoms with Crippen LogP contribution in [0.1, 0.15) is 18.4 Å². The molecule has 0 bridgehead atoms. The van der Waals surface area contributed by atoms with E-state index < -0.39 is 0 Å². The van der Waals surface area contributed by atoms with Crippen molar-refractivity contribution in [3.05, 3.63) is 34.1 Å². The number of nitrogens with zero attached hydrogens (tertiary/aromatic N) is 1. The van der Waals surface area contributed by atoms with E-state index in [4.69, 9.17) is 4.74 Å². The van der Waals surface area contributed by atoms with Gasteiger partial charge >= 0.3 is 0 Å². The SMILES string of the molecule is COCCN(Cc1cc(F)cc(Br)c1)C1CC1. The molecule has 0 aromatic heterocycles. The highest BCUT2D eigenvalue weighted by Gasteiger charge is 2.28. The number of hydrogen-bond acceptors (Lipinski definition) is 2. The number of rotatable bonds is 6. The number of methoxy groups -OCH3 is 1. The van der Waals surface area contributed by atoms with Crippen molar-refractivity contribution in [2.24, 2.45) is 0 Å². The summed E-state index contributed by atoms with van der Waals surface area (Å²) in [6.07, 6.45) is 2.50. The molecule has 2 nitrogen and oxygen atoms in total. The maximum Gasteiger partial charge on any atom is 0.124 e. The molecule has 1 aromatic carbocycles. The lowest BCUT2D eigenvalue weighted by atomic mass is 10.2. The zero-order valence-electron chi connectivity index (χ0n) is 9.96. The summed E-state index contributed by atoms with van der Waals surface area (Å²) < 4.78 is 19.2. The Kier molecular flexibility index (Phi) is 4.54. The third-order valence-electron chi connectivity index (χ3n) is 2.95. The first-order valence-electron chi connectivity index (χ1n) is 5.87. The Bertz CT molecular complexity index is 361. The first-order chi connectivity index (χ1) is 8.19. The van der Waals surface area contributed by atoms with Gasteiger partial charge in [0.05, 0.1) is 6.61 Å². The van der Waals surface area contributed by atoms with E-state index in [1.807, 2.05) is 6.07 Å². The number of halogens is 2. The zero-order chi connectivity index (χ0) is 12.3. The van der Waals surface area contributed by atoms with Crippen LogP contribution in [-0.2, 0) is 11.3 Å². The molecule has 0 N–H and O–H groups in total. The van der Waals surface area contributed by atoms with Crippen molar-refractivity contribution in [1.29, 1.82) is 0 Å². The molecule has 1 fully saturated rings. The Morgan fingerprint density at radius 1 is 1.41 bits per heavy atom. The topological polar surface area (TPSA) is 12.5 Å². The summed E-state index contributed by atoms with van der Waals surface area (Å²) in [6.45, 7) is 2.44. The fourth-order valence-electron chi connectivity index (χ4n) is 1.98. The highest BCUT2D eigenvalue weighted by atomic mass is 79.9. The van der Waals surface area contributed by atoms with E-state index in [0.717, 1.165) is 29.7 Å². The molecule has 0 radical (unpaired) electrons. The molecule has 0 unspecified atom stereocenters. The van der Waals surface area contributed by atoms with Crippen LogP contribution in [0.2, 0.25) is 0 Å². The van der Waals surface area contributed by atoms with E-state index in [-0.39, 0.29) is 5.82 Å². The molecule has 0 heterocycles. The smallest absolute Gasteiger partial charge is 0.124 e. The van der Waals surface area contributed by atoms with E-state index >= 15 is 0 Å². The Balaban J connectivity index is 2.00. The van der Waals surface area contributed by atoms with E-state index in [9.17, 15) is 4.39 Å². The Labute approximate surface area is 110 Å². The molecule has 1 saturated carbocycles. The minimum Gasteiger partial charge on any atom is -0.383 e. The van der Waals surface area contributed by atoms with E-state index in [1.54, 1.807) is 13.2 Å². The fourth-order valence-corrected chi connectivity index (χ4v) is 2.49. The summed E-state index contributed by atoms with van der Waals surface area (Å²) in [5, 5.41) is 0. The lowest BCUT2D eigenvalue weighted by molar-refractivity contribution is 0.139. The molecule has 2 rings (SSSR count). The van der Waals surface area contributed by atoms with E-state index in [1.165, 1.54) is 18.9 Å². The van der Waals surface area contributed by atoms with Gasteiger partial charge in [-0.05, 0) is 36.6 Å². The molecular formula is C13H17BrFNO. The predicted octanol–water partition coefficient (Wildman–Crippen LogP) is 3.20. The number of ether oxygens (including phenoxy) is 1. The van der Waals surface area contributed by atoms with Crippen molar-refractivity contribution < 1.29 is 9.13 Å². The van der Waals surface area contributed by atoms with Crippen LogP contribution in [-0.4, -0.2) is 31.2 Å². The number of hydrogen-bond donors (Lipinski definition) is 0. The first-order valence-corrected chi connectivity index (χ1v) is 6.66. The van der Waals surface area contributed by atoms with Gasteiger partial charge in [0.15, 0.2) is 0 Å². The maximum absolute atomic E-state index is 13.3. The fraction of sp³-hybridized carbons (Fsp3) is 0.538. The standard InChI is InChI=1S/C13H17BrFNO/c1-17-5-4-16(13-2-3-13)9-10-6-11(14)8-12(15)7-10/h6-8,13H,2-5,9H2,1H3. The normalized spacial score (nSPS) is 15.5. The van der Waals surface area contributed by atoms with Gasteiger partial charge in [0.25, 0.3) is 0 Å². The minimum absolute atomic E-state index is 0.183. The van der Waals surface area contributed by atoms with Crippen molar-refractivity contribution in [2.45, 2.75) is 25.4 Å². The first kappa shape index (κ1) is 13.0. The van der Waals surface area contributed by atoms with Gasteiger partial charge in [-0.3, -0.25) is 4.90 Å². The number of benzene rings is 1. The second-order valence-corrected chi connectivity index (χ2v) is 5.39. The molecule has 1 aliphatic carbocycles. The second kappa shape index (κ2) is 5.94. The van der Waals surface area contributed by atoms with Crippen molar-refractivity contribution in [3.8, 4) is 0 Å². The molecule has 1 aromatic rings. The van der Waals surface area contributed by atoms with Gasteiger partial charge in [-0.15, -0.1) is 0 Å². The Morgan fingerprint density at radius 2 is 2.18 bits per heavy atom. The molecule has 0 saturated heterocycles. The van der Waals surface area contributed by atoms with Gasteiger partial charge in [-0.2, -0.15) is 0 Å². The van der Waals surface area contributed by atoms with Crippen LogP contribution in [0.5, 0.6) is 0 Å². The largest absolute Gasteiger partial charge is 0.383 e.